The zero-order chi connectivity index (χ0) is 20.9. The molecule has 9 heteroatoms. The molecule has 0 aromatic carbocycles. The molecule has 1 atom stereocenters. The molecule has 0 fully saturated rings. The molecule has 0 saturated carbocycles. The average Bonchev–Trinajstić information content (AvgIpc) is 2.57. The lowest BCUT2D eigenvalue weighted by Crippen LogP contribution is -2.49. The summed E-state index contributed by atoms with van der Waals surface area (Å²) in [5.41, 5.74) is -0.541. The van der Waals surface area contributed by atoms with Crippen LogP contribution in [0.2, 0.25) is 0 Å². The number of hydrogen-bond acceptors (Lipinski definition) is 4. The van der Waals surface area contributed by atoms with Crippen molar-refractivity contribution in [2.24, 2.45) is 4.99 Å². The second-order valence-electron chi connectivity index (χ2n) is 7.49. The number of unbranched alkanes of at least 4 members (excludes halogenated alkanes) is 1. The molecule has 1 unspecified atom stereocenters. The normalized spacial score (nSPS) is 12.3. The van der Waals surface area contributed by atoms with Gasteiger partial charge >= 0.3 is 6.09 Å². The van der Waals surface area contributed by atoms with E-state index in [1.165, 1.54) is 4.90 Å². The summed E-state index contributed by atoms with van der Waals surface area (Å²) in [5.74, 6) is 0.420. The highest BCUT2D eigenvalue weighted by Gasteiger charge is 2.18. The second kappa shape index (κ2) is 15.4. The fourth-order valence-corrected chi connectivity index (χ4v) is 2.00. The van der Waals surface area contributed by atoms with Gasteiger partial charge in [0.05, 0.1) is 0 Å². The SMILES string of the molecule is C=CCNC(=NCC(=O)N(C)C)NC(CCCC)CNC(=O)OC(C)(C)C.I. The van der Waals surface area contributed by atoms with Crippen LogP contribution in [0.1, 0.15) is 47.0 Å². The molecule has 0 aromatic heterocycles. The van der Waals surface area contributed by atoms with E-state index in [4.69, 9.17) is 4.74 Å². The minimum absolute atomic E-state index is 0. The highest BCUT2D eigenvalue weighted by atomic mass is 127. The zero-order valence-electron chi connectivity index (χ0n) is 18.1. The van der Waals surface area contributed by atoms with E-state index in [2.05, 4.69) is 34.4 Å². The molecule has 0 aliphatic carbocycles. The van der Waals surface area contributed by atoms with E-state index in [1.807, 2.05) is 20.8 Å². The van der Waals surface area contributed by atoms with Crippen molar-refractivity contribution in [2.75, 3.05) is 33.7 Å². The first-order chi connectivity index (χ1) is 12.6. The molecular weight excluding hydrogens is 473 g/mol. The Morgan fingerprint density at radius 2 is 1.89 bits per heavy atom. The van der Waals surface area contributed by atoms with E-state index in [-0.39, 0.29) is 42.5 Å². The number of likely N-dealkylation sites (N-methyl/N-ethyl adjacent to an activating group) is 1. The van der Waals surface area contributed by atoms with Crippen molar-refractivity contribution in [3.63, 3.8) is 0 Å². The van der Waals surface area contributed by atoms with Gasteiger partial charge < -0.3 is 25.6 Å². The largest absolute Gasteiger partial charge is 0.444 e. The molecule has 164 valence electrons. The lowest BCUT2D eigenvalue weighted by Gasteiger charge is -2.24. The molecular formula is C19H38IN5O3. The van der Waals surface area contributed by atoms with E-state index < -0.39 is 11.7 Å². The molecule has 0 spiro atoms. The average molecular weight is 511 g/mol. The molecule has 8 nitrogen and oxygen atoms in total. The number of amides is 2. The Hall–Kier alpha value is -1.52. The molecule has 0 aromatic rings. The van der Waals surface area contributed by atoms with Gasteiger partial charge in [-0.2, -0.15) is 0 Å². The van der Waals surface area contributed by atoms with Crippen molar-refractivity contribution < 1.29 is 14.3 Å². The second-order valence-corrected chi connectivity index (χ2v) is 7.49. The monoisotopic (exact) mass is 511 g/mol. The third-order valence-electron chi connectivity index (χ3n) is 3.42. The maximum Gasteiger partial charge on any atom is 0.407 e. The van der Waals surface area contributed by atoms with E-state index in [9.17, 15) is 9.59 Å². The number of ether oxygens (including phenoxy) is 1. The minimum atomic E-state index is -0.541. The van der Waals surface area contributed by atoms with Gasteiger partial charge in [-0.25, -0.2) is 9.79 Å². The van der Waals surface area contributed by atoms with Crippen molar-refractivity contribution >= 4 is 41.9 Å². The number of nitrogens with one attached hydrogen (secondary N) is 3. The Balaban J connectivity index is 0. The van der Waals surface area contributed by atoms with Crippen LogP contribution < -0.4 is 16.0 Å². The predicted octanol–water partition coefficient (Wildman–Crippen LogP) is 2.50. The Labute approximate surface area is 187 Å². The number of guanidine groups is 1. The summed E-state index contributed by atoms with van der Waals surface area (Å²) >= 11 is 0. The maximum absolute atomic E-state index is 11.9. The molecule has 0 radical (unpaired) electrons. The van der Waals surface area contributed by atoms with Gasteiger partial charge in [-0.05, 0) is 27.2 Å². The summed E-state index contributed by atoms with van der Waals surface area (Å²) in [6.45, 7) is 12.2. The summed E-state index contributed by atoms with van der Waals surface area (Å²) < 4.78 is 5.28. The number of rotatable bonds is 10. The van der Waals surface area contributed by atoms with Crippen LogP contribution in [0.15, 0.2) is 17.6 Å². The van der Waals surface area contributed by atoms with Gasteiger partial charge in [0.15, 0.2) is 5.96 Å². The van der Waals surface area contributed by atoms with Crippen LogP contribution in [-0.4, -0.2) is 68.2 Å². The minimum Gasteiger partial charge on any atom is -0.444 e. The summed E-state index contributed by atoms with van der Waals surface area (Å²) in [6.07, 6.45) is 4.15. The third kappa shape index (κ3) is 15.5. The zero-order valence-corrected chi connectivity index (χ0v) is 20.5. The molecule has 3 N–H and O–H groups in total. The van der Waals surface area contributed by atoms with Crippen molar-refractivity contribution in [2.45, 2.75) is 58.6 Å². The Morgan fingerprint density at radius 1 is 1.25 bits per heavy atom. The highest BCUT2D eigenvalue weighted by Crippen LogP contribution is 2.07. The van der Waals surface area contributed by atoms with Crippen LogP contribution in [0.4, 0.5) is 4.79 Å². The van der Waals surface area contributed by atoms with Gasteiger partial charge in [0.2, 0.25) is 5.91 Å². The van der Waals surface area contributed by atoms with E-state index in [0.717, 1.165) is 19.3 Å². The first-order valence-electron chi connectivity index (χ1n) is 9.41. The van der Waals surface area contributed by atoms with E-state index >= 15 is 0 Å². The standard InChI is InChI=1S/C19H37N5O3.HI/c1-8-10-11-15(13-22-18(26)27-19(3,4)5)23-17(20-12-9-2)21-14-16(25)24(6)7;/h9,15H,2,8,10-14H2,1,3-7H3,(H,22,26)(H2,20,21,23);1H. The maximum atomic E-state index is 11.9. The molecule has 0 rings (SSSR count). The predicted molar refractivity (Wildman–Crippen MR) is 125 cm³/mol. The van der Waals surface area contributed by atoms with Crippen LogP contribution in [-0.2, 0) is 9.53 Å². The summed E-state index contributed by atoms with van der Waals surface area (Å²) in [6, 6.07) is -0.0389. The van der Waals surface area contributed by atoms with Crippen molar-refractivity contribution in [3.8, 4) is 0 Å². The molecule has 28 heavy (non-hydrogen) atoms. The van der Waals surface area contributed by atoms with E-state index in [1.54, 1.807) is 20.2 Å². The first kappa shape index (κ1) is 28.7. The summed E-state index contributed by atoms with van der Waals surface area (Å²) in [4.78, 5) is 29.5. The molecule has 0 heterocycles. The van der Waals surface area contributed by atoms with E-state index in [0.29, 0.717) is 19.0 Å². The van der Waals surface area contributed by atoms with Crippen LogP contribution in [0, 0.1) is 0 Å². The first-order valence-corrected chi connectivity index (χ1v) is 9.41. The number of nitrogens with zero attached hydrogens (tertiary/aromatic N) is 2. The van der Waals surface area contributed by atoms with Crippen molar-refractivity contribution in [1.29, 1.82) is 0 Å². The molecule has 0 aliphatic rings. The van der Waals surface area contributed by atoms with Crippen LogP contribution >= 0.6 is 24.0 Å². The molecule has 0 saturated heterocycles. The van der Waals surface area contributed by atoms with Gasteiger partial charge in [-0.1, -0.05) is 25.8 Å². The number of halogens is 1. The quantitative estimate of drug-likeness (QED) is 0.181. The Morgan fingerprint density at radius 3 is 2.39 bits per heavy atom. The number of carbonyl (C=O) groups excluding carboxylic acids is 2. The highest BCUT2D eigenvalue weighted by molar-refractivity contribution is 14.0. The lowest BCUT2D eigenvalue weighted by atomic mass is 10.1. The smallest absolute Gasteiger partial charge is 0.407 e. The van der Waals surface area contributed by atoms with Crippen molar-refractivity contribution in [3.05, 3.63) is 12.7 Å². The topological polar surface area (TPSA) is 95.1 Å². The van der Waals surface area contributed by atoms with Crippen LogP contribution in [0.5, 0.6) is 0 Å². The van der Waals surface area contributed by atoms with Crippen LogP contribution in [0.3, 0.4) is 0 Å². The van der Waals surface area contributed by atoms with Gasteiger partial charge in [0, 0.05) is 33.2 Å². The molecule has 0 bridgehead atoms. The fraction of sp³-hybridized carbons (Fsp3) is 0.737. The molecule has 0 aliphatic heterocycles. The number of aliphatic imine (C=N–C) groups is 1. The lowest BCUT2D eigenvalue weighted by molar-refractivity contribution is -0.127. The van der Waals surface area contributed by atoms with Gasteiger partial charge in [-0.3, -0.25) is 4.79 Å². The summed E-state index contributed by atoms with van der Waals surface area (Å²) in [5, 5.41) is 9.18. The Bertz CT molecular complexity index is 504. The van der Waals surface area contributed by atoms with Crippen molar-refractivity contribution in [1.82, 2.24) is 20.9 Å². The Kier molecular flexibility index (Phi) is 15.8. The number of alkyl carbamates (subject to hydrolysis) is 1. The summed E-state index contributed by atoms with van der Waals surface area (Å²) in [7, 11) is 3.38. The number of hydrogen-bond donors (Lipinski definition) is 3. The number of carbonyl (C=O) groups is 2. The third-order valence-corrected chi connectivity index (χ3v) is 3.42. The molecule has 2 amide bonds. The van der Waals surface area contributed by atoms with Gasteiger partial charge in [0.1, 0.15) is 12.1 Å². The van der Waals surface area contributed by atoms with Gasteiger partial charge in [0.25, 0.3) is 0 Å². The van der Waals surface area contributed by atoms with Crippen LogP contribution in [0.25, 0.3) is 0 Å². The fourth-order valence-electron chi connectivity index (χ4n) is 2.00. The van der Waals surface area contributed by atoms with Gasteiger partial charge in [-0.15, -0.1) is 30.6 Å².